The average molecular weight is 277 g/mol. The topological polar surface area (TPSA) is 47.6 Å². The van der Waals surface area contributed by atoms with Gasteiger partial charge in [0.25, 0.3) is 0 Å². The lowest BCUT2D eigenvalue weighted by atomic mass is 10.0. The van der Waals surface area contributed by atoms with Crippen molar-refractivity contribution in [1.29, 1.82) is 0 Å². The second kappa shape index (κ2) is 6.64. The molecule has 0 unspecified atom stereocenters. The van der Waals surface area contributed by atoms with Crippen LogP contribution < -0.4 is 14.8 Å². The molecule has 0 fully saturated rings. The third-order valence-electron chi connectivity index (χ3n) is 3.81. The second-order valence-corrected chi connectivity index (χ2v) is 5.15. The van der Waals surface area contributed by atoms with Crippen LogP contribution in [0.25, 0.3) is 0 Å². The molecule has 1 aliphatic heterocycles. The Kier molecular flexibility index (Phi) is 4.88. The van der Waals surface area contributed by atoms with E-state index in [9.17, 15) is 4.79 Å². The van der Waals surface area contributed by atoms with Crippen LogP contribution >= 0.6 is 0 Å². The zero-order valence-corrected chi connectivity index (χ0v) is 12.5. The van der Waals surface area contributed by atoms with Gasteiger partial charge in [0.15, 0.2) is 11.5 Å². The Morgan fingerprint density at radius 1 is 1.20 bits per heavy atom. The predicted octanol–water partition coefficient (Wildman–Crippen LogP) is 2.82. The number of hydrogen-bond donors (Lipinski definition) is 1. The van der Waals surface area contributed by atoms with E-state index in [-0.39, 0.29) is 11.8 Å². The standard InChI is InChI=1S/C16H23NO3/c1-4-12(5-2)16(18)17-10-13-9-15-14(8-11(13)3)19-6-7-20-15/h8-9,12H,4-7,10H2,1-3H3,(H,17,18). The molecule has 1 N–H and O–H groups in total. The lowest BCUT2D eigenvalue weighted by Crippen LogP contribution is -2.30. The molecule has 0 aliphatic carbocycles. The fourth-order valence-corrected chi connectivity index (χ4v) is 2.41. The molecule has 1 heterocycles. The number of hydrogen-bond acceptors (Lipinski definition) is 3. The van der Waals surface area contributed by atoms with E-state index in [1.807, 2.05) is 32.9 Å². The first kappa shape index (κ1) is 14.7. The van der Waals surface area contributed by atoms with E-state index in [4.69, 9.17) is 9.47 Å². The van der Waals surface area contributed by atoms with E-state index in [0.717, 1.165) is 35.5 Å². The summed E-state index contributed by atoms with van der Waals surface area (Å²) in [4.78, 5) is 12.0. The van der Waals surface area contributed by atoms with E-state index in [1.165, 1.54) is 0 Å². The Morgan fingerprint density at radius 3 is 2.40 bits per heavy atom. The Bertz CT molecular complexity index is 481. The molecule has 0 spiro atoms. The summed E-state index contributed by atoms with van der Waals surface area (Å²) in [7, 11) is 0. The van der Waals surface area contributed by atoms with Gasteiger partial charge in [-0.3, -0.25) is 4.79 Å². The highest BCUT2D eigenvalue weighted by Gasteiger charge is 2.16. The highest BCUT2D eigenvalue weighted by atomic mass is 16.6. The van der Waals surface area contributed by atoms with Crippen molar-refractivity contribution in [3.8, 4) is 11.5 Å². The number of ether oxygens (including phenoxy) is 2. The van der Waals surface area contributed by atoms with Gasteiger partial charge in [-0.2, -0.15) is 0 Å². The molecule has 0 aromatic heterocycles. The van der Waals surface area contributed by atoms with Gasteiger partial charge in [0, 0.05) is 12.5 Å². The van der Waals surface area contributed by atoms with Crippen molar-refractivity contribution in [3.63, 3.8) is 0 Å². The molecule has 20 heavy (non-hydrogen) atoms. The van der Waals surface area contributed by atoms with Crippen LogP contribution in [-0.2, 0) is 11.3 Å². The van der Waals surface area contributed by atoms with Crippen LogP contribution in [0, 0.1) is 12.8 Å². The SMILES string of the molecule is CCC(CC)C(=O)NCc1cc2c(cc1C)OCCO2. The van der Waals surface area contributed by atoms with Gasteiger partial charge in [0.2, 0.25) is 5.91 Å². The number of rotatable bonds is 5. The van der Waals surface area contributed by atoms with Crippen LogP contribution in [0.4, 0.5) is 0 Å². The maximum atomic E-state index is 12.0. The molecule has 0 atom stereocenters. The van der Waals surface area contributed by atoms with Crippen LogP contribution in [0.2, 0.25) is 0 Å². The molecule has 110 valence electrons. The number of amides is 1. The first-order valence-corrected chi connectivity index (χ1v) is 7.32. The number of carbonyl (C=O) groups excluding carboxylic acids is 1. The summed E-state index contributed by atoms with van der Waals surface area (Å²) in [6.45, 7) is 7.83. The van der Waals surface area contributed by atoms with Crippen LogP contribution in [0.1, 0.15) is 37.8 Å². The van der Waals surface area contributed by atoms with Gasteiger partial charge in [0.05, 0.1) is 0 Å². The fraction of sp³-hybridized carbons (Fsp3) is 0.562. The Labute approximate surface area is 120 Å². The summed E-state index contributed by atoms with van der Waals surface area (Å²) in [6, 6.07) is 3.95. The second-order valence-electron chi connectivity index (χ2n) is 5.15. The normalized spacial score (nSPS) is 13.4. The Hall–Kier alpha value is -1.71. The van der Waals surface area contributed by atoms with Crippen LogP contribution in [0.15, 0.2) is 12.1 Å². The number of aryl methyl sites for hydroxylation is 1. The maximum absolute atomic E-state index is 12.0. The molecular formula is C16H23NO3. The summed E-state index contributed by atoms with van der Waals surface area (Å²) in [5.41, 5.74) is 2.19. The van der Waals surface area contributed by atoms with E-state index in [1.54, 1.807) is 0 Å². The molecule has 0 saturated heterocycles. The molecule has 4 heteroatoms. The molecule has 0 saturated carbocycles. The molecule has 1 aromatic carbocycles. The lowest BCUT2D eigenvalue weighted by molar-refractivity contribution is -0.125. The van der Waals surface area contributed by atoms with Crippen molar-refractivity contribution < 1.29 is 14.3 Å². The highest BCUT2D eigenvalue weighted by molar-refractivity contribution is 5.78. The van der Waals surface area contributed by atoms with E-state index >= 15 is 0 Å². The fourth-order valence-electron chi connectivity index (χ4n) is 2.41. The molecule has 2 rings (SSSR count). The highest BCUT2D eigenvalue weighted by Crippen LogP contribution is 2.32. The molecule has 1 amide bonds. The quantitative estimate of drug-likeness (QED) is 0.900. The van der Waals surface area contributed by atoms with Crippen LogP contribution in [-0.4, -0.2) is 19.1 Å². The minimum absolute atomic E-state index is 0.104. The summed E-state index contributed by atoms with van der Waals surface area (Å²) in [5, 5.41) is 3.01. The molecule has 1 aromatic rings. The van der Waals surface area contributed by atoms with Gasteiger partial charge in [-0.15, -0.1) is 0 Å². The predicted molar refractivity (Wildman–Crippen MR) is 78.1 cm³/mol. The molecule has 1 aliphatic rings. The van der Waals surface area contributed by atoms with Crippen LogP contribution in [0.3, 0.4) is 0 Å². The molecule has 0 radical (unpaired) electrons. The van der Waals surface area contributed by atoms with Gasteiger partial charge in [-0.1, -0.05) is 13.8 Å². The maximum Gasteiger partial charge on any atom is 0.223 e. The molecule has 0 bridgehead atoms. The monoisotopic (exact) mass is 277 g/mol. The van der Waals surface area contributed by atoms with Crippen molar-refractivity contribution in [1.82, 2.24) is 5.32 Å². The first-order valence-electron chi connectivity index (χ1n) is 7.32. The number of fused-ring (bicyclic) bond motifs is 1. The zero-order chi connectivity index (χ0) is 14.5. The summed E-state index contributed by atoms with van der Waals surface area (Å²) in [6.07, 6.45) is 1.75. The van der Waals surface area contributed by atoms with Crippen molar-refractivity contribution in [2.24, 2.45) is 5.92 Å². The largest absolute Gasteiger partial charge is 0.486 e. The van der Waals surface area contributed by atoms with Gasteiger partial charge in [-0.05, 0) is 43.0 Å². The van der Waals surface area contributed by atoms with E-state index in [0.29, 0.717) is 19.8 Å². The van der Waals surface area contributed by atoms with Crippen molar-refractivity contribution in [3.05, 3.63) is 23.3 Å². The lowest BCUT2D eigenvalue weighted by Gasteiger charge is -2.21. The average Bonchev–Trinajstić information content (AvgIpc) is 2.46. The molecule has 4 nitrogen and oxygen atoms in total. The number of benzene rings is 1. The Morgan fingerprint density at radius 2 is 1.80 bits per heavy atom. The summed E-state index contributed by atoms with van der Waals surface area (Å²) < 4.78 is 11.1. The zero-order valence-electron chi connectivity index (χ0n) is 12.5. The van der Waals surface area contributed by atoms with Gasteiger partial charge in [-0.25, -0.2) is 0 Å². The van der Waals surface area contributed by atoms with Gasteiger partial charge < -0.3 is 14.8 Å². The van der Waals surface area contributed by atoms with Gasteiger partial charge >= 0.3 is 0 Å². The van der Waals surface area contributed by atoms with E-state index in [2.05, 4.69) is 5.32 Å². The number of carbonyl (C=O) groups is 1. The smallest absolute Gasteiger partial charge is 0.223 e. The summed E-state index contributed by atoms with van der Waals surface area (Å²) in [5.74, 6) is 1.80. The molecular weight excluding hydrogens is 254 g/mol. The minimum Gasteiger partial charge on any atom is -0.486 e. The first-order chi connectivity index (χ1) is 9.65. The number of nitrogens with one attached hydrogen (secondary N) is 1. The van der Waals surface area contributed by atoms with Crippen LogP contribution in [0.5, 0.6) is 11.5 Å². The third-order valence-corrected chi connectivity index (χ3v) is 3.81. The van der Waals surface area contributed by atoms with Crippen molar-refractivity contribution >= 4 is 5.91 Å². The van der Waals surface area contributed by atoms with Crippen molar-refractivity contribution in [2.75, 3.05) is 13.2 Å². The van der Waals surface area contributed by atoms with Crippen molar-refractivity contribution in [2.45, 2.75) is 40.2 Å². The summed E-state index contributed by atoms with van der Waals surface area (Å²) >= 11 is 0. The van der Waals surface area contributed by atoms with E-state index < -0.39 is 0 Å². The minimum atomic E-state index is 0.104. The van der Waals surface area contributed by atoms with Gasteiger partial charge in [0.1, 0.15) is 13.2 Å². The third kappa shape index (κ3) is 3.24. The Balaban J connectivity index is 2.04.